The highest BCUT2D eigenvalue weighted by Gasteiger charge is 2.33. The molecule has 11 nitrogen and oxygen atoms in total. The van der Waals surface area contributed by atoms with Crippen LogP contribution in [0.25, 0.3) is 0 Å². The summed E-state index contributed by atoms with van der Waals surface area (Å²) in [6.45, 7) is 1.23. The Bertz CT molecular complexity index is 627. The van der Waals surface area contributed by atoms with Crippen LogP contribution < -0.4 is 0 Å². The van der Waals surface area contributed by atoms with Crippen molar-refractivity contribution in [1.29, 1.82) is 0 Å². The van der Waals surface area contributed by atoms with Gasteiger partial charge in [-0.3, -0.25) is 9.05 Å². The first kappa shape index (κ1) is 38.8. The van der Waals surface area contributed by atoms with Crippen LogP contribution in [0.5, 0.6) is 0 Å². The fourth-order valence-corrected chi connectivity index (χ4v) is 5.27. The zero-order valence-electron chi connectivity index (χ0n) is 24.6. The summed E-state index contributed by atoms with van der Waals surface area (Å²) < 4.78 is 22.0. The van der Waals surface area contributed by atoms with Crippen molar-refractivity contribution in [3.8, 4) is 0 Å². The lowest BCUT2D eigenvalue weighted by Crippen LogP contribution is -2.47. The molecule has 0 aromatic rings. The maximum Gasteiger partial charge on any atom is 0.472 e. The number of nitrogens with zero attached hydrogens (tertiary/aromatic N) is 1. The van der Waals surface area contributed by atoms with E-state index in [9.17, 15) is 35.0 Å². The number of likely N-dealkylation sites (N-methyl/N-ethyl adjacent to an activating group) is 1. The Balaban J connectivity index is 3.97. The van der Waals surface area contributed by atoms with Gasteiger partial charge in [0.05, 0.1) is 40.5 Å². The first-order chi connectivity index (χ1) is 18.3. The first-order valence-corrected chi connectivity index (χ1v) is 16.3. The van der Waals surface area contributed by atoms with Gasteiger partial charge in [-0.05, 0) is 12.8 Å². The lowest BCUT2D eigenvalue weighted by atomic mass is 10.0. The molecule has 0 aliphatic heterocycles. The molecule has 0 aliphatic rings. The van der Waals surface area contributed by atoms with E-state index in [0.717, 1.165) is 19.4 Å². The second-order valence-electron chi connectivity index (χ2n) is 11.5. The highest BCUT2D eigenvalue weighted by atomic mass is 31.2. The topological polar surface area (TPSA) is 177 Å². The van der Waals surface area contributed by atoms with Crippen molar-refractivity contribution in [1.82, 2.24) is 0 Å². The van der Waals surface area contributed by atoms with Crippen LogP contribution >= 0.6 is 7.82 Å². The van der Waals surface area contributed by atoms with Crippen molar-refractivity contribution < 1.29 is 53.6 Å². The number of aliphatic hydroxyl groups is 6. The average molecular weight is 589 g/mol. The van der Waals surface area contributed by atoms with Crippen molar-refractivity contribution in [3.63, 3.8) is 0 Å². The minimum atomic E-state index is -4.65. The highest BCUT2D eigenvalue weighted by molar-refractivity contribution is 7.47. The molecular weight excluding hydrogens is 529 g/mol. The molecule has 0 fully saturated rings. The number of aliphatic hydroxyl groups excluding tert-OH is 6. The Morgan fingerprint density at radius 3 is 1.54 bits per heavy atom. The van der Waals surface area contributed by atoms with Crippen molar-refractivity contribution in [2.45, 2.75) is 127 Å². The molecule has 7 N–H and O–H groups in total. The Kier molecular flexibility index (Phi) is 22.3. The smallest absolute Gasteiger partial charge is 0.394 e. The quantitative estimate of drug-likeness (QED) is 0.0428. The molecule has 0 radical (unpaired) electrons. The summed E-state index contributed by atoms with van der Waals surface area (Å²) >= 11 is 0. The van der Waals surface area contributed by atoms with E-state index in [1.54, 1.807) is 0 Å². The van der Waals surface area contributed by atoms with Gasteiger partial charge in [0.25, 0.3) is 0 Å². The molecule has 0 aromatic heterocycles. The molecule has 0 saturated heterocycles. The molecule has 39 heavy (non-hydrogen) atoms. The average Bonchev–Trinajstić information content (AvgIpc) is 2.89. The number of phosphoric ester groups is 1. The van der Waals surface area contributed by atoms with E-state index in [1.165, 1.54) is 77.0 Å². The molecule has 0 bridgehead atoms. The van der Waals surface area contributed by atoms with E-state index in [4.69, 9.17) is 9.63 Å². The van der Waals surface area contributed by atoms with E-state index < -0.39 is 58.2 Å². The second kappa shape index (κ2) is 22.4. The van der Waals surface area contributed by atoms with E-state index in [0.29, 0.717) is 11.0 Å². The van der Waals surface area contributed by atoms with Gasteiger partial charge in [-0.15, -0.1) is 0 Å². The molecule has 0 spiro atoms. The van der Waals surface area contributed by atoms with Crippen LogP contribution in [0.2, 0.25) is 0 Å². The number of rotatable bonds is 27. The van der Waals surface area contributed by atoms with Gasteiger partial charge in [-0.25, -0.2) is 4.57 Å². The van der Waals surface area contributed by atoms with Crippen LogP contribution in [-0.4, -0.2) is 118 Å². The minimum Gasteiger partial charge on any atom is -0.394 e. The lowest BCUT2D eigenvalue weighted by molar-refractivity contribution is -0.893. The molecule has 0 saturated carbocycles. The molecule has 0 amide bonds. The summed E-state index contributed by atoms with van der Waals surface area (Å²) in [5.74, 6) is 0. The van der Waals surface area contributed by atoms with Gasteiger partial charge in [-0.1, -0.05) is 84.0 Å². The summed E-state index contributed by atoms with van der Waals surface area (Å²) in [5.41, 5.74) is 0. The fourth-order valence-electron chi connectivity index (χ4n) is 4.50. The second-order valence-corrected chi connectivity index (χ2v) is 12.9. The Morgan fingerprint density at radius 1 is 0.667 bits per heavy atom. The zero-order valence-corrected chi connectivity index (χ0v) is 25.5. The fraction of sp³-hybridized carbons (Fsp3) is 1.00. The summed E-state index contributed by atoms with van der Waals surface area (Å²) in [6, 6.07) is 0. The molecule has 6 unspecified atom stereocenters. The van der Waals surface area contributed by atoms with Crippen molar-refractivity contribution >= 4 is 7.82 Å². The van der Waals surface area contributed by atoms with Crippen LogP contribution in [0, 0.1) is 0 Å². The van der Waals surface area contributed by atoms with E-state index in [-0.39, 0.29) is 0 Å². The summed E-state index contributed by atoms with van der Waals surface area (Å²) in [6.07, 6.45) is 9.72. The zero-order chi connectivity index (χ0) is 29.7. The summed E-state index contributed by atoms with van der Waals surface area (Å²) in [7, 11) is -0.697. The van der Waals surface area contributed by atoms with Crippen LogP contribution in [0.1, 0.15) is 96.8 Å². The number of hydrogen-bond acceptors (Lipinski definition) is 9. The largest absolute Gasteiger partial charge is 0.472 e. The van der Waals surface area contributed by atoms with Gasteiger partial charge in [0.2, 0.25) is 0 Å². The Labute approximate surface area is 236 Å². The van der Waals surface area contributed by atoms with Gasteiger partial charge in [-0.2, -0.15) is 0 Å². The third-order valence-electron chi connectivity index (χ3n) is 6.99. The predicted octanol–water partition coefficient (Wildman–Crippen LogP) is 2.47. The van der Waals surface area contributed by atoms with Crippen molar-refractivity contribution in [2.75, 3.05) is 47.0 Å². The van der Waals surface area contributed by atoms with E-state index >= 15 is 0 Å². The predicted molar refractivity (Wildman–Crippen MR) is 151 cm³/mol. The van der Waals surface area contributed by atoms with Gasteiger partial charge in [0, 0.05) is 0 Å². The number of hydrogen-bond donors (Lipinski definition) is 7. The van der Waals surface area contributed by atoms with Crippen LogP contribution in [0.15, 0.2) is 0 Å². The van der Waals surface area contributed by atoms with Gasteiger partial charge >= 0.3 is 7.82 Å². The van der Waals surface area contributed by atoms with Crippen LogP contribution in [0.3, 0.4) is 0 Å². The van der Waals surface area contributed by atoms with Crippen LogP contribution in [-0.2, 0) is 13.6 Å². The van der Waals surface area contributed by atoms with E-state index in [1.807, 2.05) is 14.1 Å². The molecular formula is C27H59NO10P+. The molecule has 0 aliphatic carbocycles. The molecule has 0 rings (SSSR count). The number of unbranched alkanes of at least 4 members (excludes halogenated alkanes) is 13. The maximum absolute atomic E-state index is 12.0. The molecule has 0 aromatic carbocycles. The minimum absolute atomic E-state index is 0.311. The lowest BCUT2D eigenvalue weighted by Gasteiger charge is -2.32. The van der Waals surface area contributed by atoms with Crippen molar-refractivity contribution in [3.05, 3.63) is 0 Å². The molecule has 236 valence electrons. The Morgan fingerprint density at radius 2 is 1.08 bits per heavy atom. The van der Waals surface area contributed by atoms with Gasteiger partial charge < -0.3 is 40.0 Å². The summed E-state index contributed by atoms with van der Waals surface area (Å²) in [5, 5.41) is 57.4. The normalized spacial score (nSPS) is 17.9. The third kappa shape index (κ3) is 21.2. The van der Waals surface area contributed by atoms with Crippen molar-refractivity contribution in [2.24, 2.45) is 0 Å². The Hall–Kier alpha value is -0.170. The first-order valence-electron chi connectivity index (χ1n) is 14.8. The standard InChI is InChI=1S/C27H58NO10P/c1-4-5-6-7-8-9-10-11-12-13-14-15-16-17-18-28(2,3)19-23(30)21-37-39(35,36)38-22-25(32)27(34)26(33)24(31)20-29/h23-27,29-34H,4-22H2,1-3H3/p+1. The molecule has 0 heterocycles. The monoisotopic (exact) mass is 588 g/mol. The van der Waals surface area contributed by atoms with Gasteiger partial charge in [0.15, 0.2) is 0 Å². The number of quaternary nitrogens is 1. The van der Waals surface area contributed by atoms with Gasteiger partial charge in [0.1, 0.15) is 37.1 Å². The van der Waals surface area contributed by atoms with Crippen LogP contribution in [0.4, 0.5) is 0 Å². The number of phosphoric acid groups is 1. The maximum atomic E-state index is 12.0. The SMILES string of the molecule is CCCCCCCCCCCCCCCC[N+](C)(C)CC(O)COP(=O)(O)OCC(O)C(O)C(O)C(O)CO. The third-order valence-corrected chi connectivity index (χ3v) is 7.94. The molecule has 6 atom stereocenters. The van der Waals surface area contributed by atoms with E-state index in [2.05, 4.69) is 11.4 Å². The summed E-state index contributed by atoms with van der Waals surface area (Å²) in [4.78, 5) is 9.78. The highest BCUT2D eigenvalue weighted by Crippen LogP contribution is 2.43. The molecule has 12 heteroatoms.